The maximum atomic E-state index is 8.60. The molecule has 0 amide bonds. The molecular formula is C13H19NOS. The molecule has 0 spiro atoms. The van der Waals surface area contributed by atoms with E-state index >= 15 is 0 Å². The van der Waals surface area contributed by atoms with Crippen molar-refractivity contribution < 1.29 is 5.11 Å². The van der Waals surface area contributed by atoms with Crippen molar-refractivity contribution in [1.29, 1.82) is 0 Å². The van der Waals surface area contributed by atoms with Crippen molar-refractivity contribution in [3.63, 3.8) is 0 Å². The van der Waals surface area contributed by atoms with Gasteiger partial charge in [-0.25, -0.2) is 0 Å². The molecule has 0 aliphatic rings. The van der Waals surface area contributed by atoms with Crippen LogP contribution in [0.25, 0.3) is 0 Å². The van der Waals surface area contributed by atoms with Crippen LogP contribution in [-0.2, 0) is 6.54 Å². The Balaban J connectivity index is 2.51. The summed E-state index contributed by atoms with van der Waals surface area (Å²) in [6.45, 7) is 6.46. The van der Waals surface area contributed by atoms with Crippen LogP contribution in [0.1, 0.15) is 24.3 Å². The fourth-order valence-corrected chi connectivity index (χ4v) is 2.52. The lowest BCUT2D eigenvalue weighted by molar-refractivity contribution is 0.290. The van der Waals surface area contributed by atoms with Crippen molar-refractivity contribution in [3.05, 3.63) is 21.9 Å². The first kappa shape index (κ1) is 13.2. The molecule has 0 saturated heterocycles. The minimum Gasteiger partial charge on any atom is -0.384 e. The molecular weight excluding hydrogens is 218 g/mol. The minimum atomic E-state index is -0.0710. The molecule has 1 aromatic heterocycles. The Labute approximate surface area is 102 Å². The number of nitrogens with zero attached hydrogens (tertiary/aromatic N) is 1. The number of aliphatic hydroxyl groups is 1. The maximum Gasteiger partial charge on any atom is 0.104 e. The smallest absolute Gasteiger partial charge is 0.104 e. The second kappa shape index (κ2) is 6.70. The zero-order chi connectivity index (χ0) is 12.0. The predicted octanol–water partition coefficient (Wildman–Crippen LogP) is 2.18. The van der Waals surface area contributed by atoms with Crippen molar-refractivity contribution in [3.8, 4) is 11.8 Å². The highest BCUT2D eigenvalue weighted by Gasteiger charge is 2.04. The Kier molecular flexibility index (Phi) is 5.54. The van der Waals surface area contributed by atoms with Gasteiger partial charge in [-0.1, -0.05) is 25.7 Å². The van der Waals surface area contributed by atoms with Crippen LogP contribution in [0.4, 0.5) is 0 Å². The van der Waals surface area contributed by atoms with E-state index < -0.39 is 0 Å². The average Bonchev–Trinajstić information content (AvgIpc) is 2.61. The lowest BCUT2D eigenvalue weighted by Crippen LogP contribution is -2.22. The molecule has 0 aromatic carbocycles. The molecule has 0 radical (unpaired) electrons. The van der Waals surface area contributed by atoms with Gasteiger partial charge in [0.05, 0.1) is 0 Å². The molecule has 0 atom stereocenters. The van der Waals surface area contributed by atoms with E-state index in [1.807, 2.05) is 5.38 Å². The van der Waals surface area contributed by atoms with Crippen LogP contribution < -0.4 is 0 Å². The highest BCUT2D eigenvalue weighted by molar-refractivity contribution is 7.10. The molecule has 3 heteroatoms. The highest BCUT2D eigenvalue weighted by Crippen LogP contribution is 2.16. The minimum absolute atomic E-state index is 0.0710. The standard InChI is InChI=1S/C13H19NOS/c1-11(2)8-14(3)9-13-7-12(10-16-13)5-4-6-15/h7,10-11,15H,6,8-9H2,1-3H3. The number of hydrogen-bond donors (Lipinski definition) is 1. The van der Waals surface area contributed by atoms with Crippen LogP contribution in [-0.4, -0.2) is 30.2 Å². The number of rotatable bonds is 4. The van der Waals surface area contributed by atoms with Crippen molar-refractivity contribution >= 4 is 11.3 Å². The third-order valence-electron chi connectivity index (χ3n) is 2.07. The fourth-order valence-electron chi connectivity index (χ4n) is 1.62. The van der Waals surface area contributed by atoms with Crippen LogP contribution >= 0.6 is 11.3 Å². The SMILES string of the molecule is CC(C)CN(C)Cc1cc(C#CCO)cs1. The van der Waals surface area contributed by atoms with Crippen LogP contribution in [0.2, 0.25) is 0 Å². The third kappa shape index (κ3) is 4.80. The second-order valence-electron chi connectivity index (χ2n) is 4.35. The number of aliphatic hydroxyl groups excluding tert-OH is 1. The van der Waals surface area contributed by atoms with E-state index in [0.717, 1.165) is 18.7 Å². The molecule has 0 bridgehead atoms. The van der Waals surface area contributed by atoms with Crippen molar-refractivity contribution in [2.24, 2.45) is 5.92 Å². The summed E-state index contributed by atoms with van der Waals surface area (Å²) in [6, 6.07) is 2.10. The Morgan fingerprint density at radius 3 is 2.88 bits per heavy atom. The van der Waals surface area contributed by atoms with Gasteiger partial charge in [-0.05, 0) is 19.0 Å². The topological polar surface area (TPSA) is 23.5 Å². The summed E-state index contributed by atoms with van der Waals surface area (Å²) in [6.07, 6.45) is 0. The predicted molar refractivity (Wildman–Crippen MR) is 69.5 cm³/mol. The number of thiophene rings is 1. The average molecular weight is 237 g/mol. The monoisotopic (exact) mass is 237 g/mol. The molecule has 1 N–H and O–H groups in total. The van der Waals surface area contributed by atoms with E-state index in [0.29, 0.717) is 5.92 Å². The Bertz CT molecular complexity index is 373. The first-order valence-electron chi connectivity index (χ1n) is 5.47. The first-order valence-corrected chi connectivity index (χ1v) is 6.35. The van der Waals surface area contributed by atoms with Crippen molar-refractivity contribution in [1.82, 2.24) is 4.90 Å². The second-order valence-corrected chi connectivity index (χ2v) is 5.35. The summed E-state index contributed by atoms with van der Waals surface area (Å²) >= 11 is 1.73. The molecule has 16 heavy (non-hydrogen) atoms. The number of hydrogen-bond acceptors (Lipinski definition) is 3. The van der Waals surface area contributed by atoms with Crippen molar-refractivity contribution in [2.75, 3.05) is 20.2 Å². The molecule has 0 aliphatic carbocycles. The zero-order valence-electron chi connectivity index (χ0n) is 10.2. The van der Waals surface area contributed by atoms with Gasteiger partial charge >= 0.3 is 0 Å². The molecule has 1 aromatic rings. The largest absolute Gasteiger partial charge is 0.384 e. The van der Waals surface area contributed by atoms with Gasteiger partial charge < -0.3 is 10.0 Å². The Morgan fingerprint density at radius 2 is 2.25 bits per heavy atom. The van der Waals surface area contributed by atoms with Gasteiger partial charge in [-0.3, -0.25) is 0 Å². The van der Waals surface area contributed by atoms with E-state index in [-0.39, 0.29) is 6.61 Å². The summed E-state index contributed by atoms with van der Waals surface area (Å²) < 4.78 is 0. The van der Waals surface area contributed by atoms with Gasteiger partial charge in [0.25, 0.3) is 0 Å². The van der Waals surface area contributed by atoms with E-state index in [4.69, 9.17) is 5.11 Å². The first-order chi connectivity index (χ1) is 7.61. The summed E-state index contributed by atoms with van der Waals surface area (Å²) in [5, 5.41) is 10.6. The normalized spacial score (nSPS) is 10.6. The molecule has 0 aliphatic heterocycles. The van der Waals surface area contributed by atoms with Gasteiger partial charge in [0.2, 0.25) is 0 Å². The quantitative estimate of drug-likeness (QED) is 0.811. The van der Waals surface area contributed by atoms with Gasteiger partial charge in [0.1, 0.15) is 6.61 Å². The van der Waals surface area contributed by atoms with Crippen molar-refractivity contribution in [2.45, 2.75) is 20.4 Å². The van der Waals surface area contributed by atoms with Gasteiger partial charge in [0, 0.05) is 28.9 Å². The molecule has 0 fully saturated rings. The summed E-state index contributed by atoms with van der Waals surface area (Å²) in [5.41, 5.74) is 1.01. The lowest BCUT2D eigenvalue weighted by atomic mass is 10.2. The molecule has 1 rings (SSSR count). The Hall–Kier alpha value is -0.820. The van der Waals surface area contributed by atoms with E-state index in [1.54, 1.807) is 11.3 Å². The van der Waals surface area contributed by atoms with E-state index in [9.17, 15) is 0 Å². The summed E-state index contributed by atoms with van der Waals surface area (Å²) in [7, 11) is 2.14. The molecule has 0 unspecified atom stereocenters. The lowest BCUT2D eigenvalue weighted by Gasteiger charge is -2.17. The van der Waals surface area contributed by atoms with Crippen LogP contribution in [0.3, 0.4) is 0 Å². The Morgan fingerprint density at radius 1 is 1.50 bits per heavy atom. The van der Waals surface area contributed by atoms with E-state index in [2.05, 4.69) is 43.7 Å². The summed E-state index contributed by atoms with van der Waals surface area (Å²) in [5.74, 6) is 6.28. The van der Waals surface area contributed by atoms with Gasteiger partial charge in [-0.2, -0.15) is 0 Å². The van der Waals surface area contributed by atoms with Crippen LogP contribution in [0.15, 0.2) is 11.4 Å². The van der Waals surface area contributed by atoms with Crippen LogP contribution in [0.5, 0.6) is 0 Å². The highest BCUT2D eigenvalue weighted by atomic mass is 32.1. The van der Waals surface area contributed by atoms with Crippen LogP contribution in [0, 0.1) is 17.8 Å². The van der Waals surface area contributed by atoms with E-state index in [1.165, 1.54) is 4.88 Å². The summed E-state index contributed by atoms with van der Waals surface area (Å²) in [4.78, 5) is 3.64. The molecule has 2 nitrogen and oxygen atoms in total. The molecule has 0 saturated carbocycles. The zero-order valence-corrected chi connectivity index (χ0v) is 11.0. The maximum absolute atomic E-state index is 8.60. The molecule has 88 valence electrons. The molecule has 1 heterocycles. The van der Waals surface area contributed by atoms with Gasteiger partial charge in [0.15, 0.2) is 0 Å². The van der Waals surface area contributed by atoms with Gasteiger partial charge in [-0.15, -0.1) is 11.3 Å². The fraction of sp³-hybridized carbons (Fsp3) is 0.538. The third-order valence-corrected chi connectivity index (χ3v) is 2.99.